The number of benzene rings is 2. The average Bonchev–Trinajstić information content (AvgIpc) is 4.00. The highest BCUT2D eigenvalue weighted by atomic mass is 35.5. The Bertz CT molecular complexity index is 1940. The van der Waals surface area contributed by atoms with Crippen LogP contribution in [0.2, 0.25) is 0 Å². The number of aromatic nitrogens is 2. The fraction of sp³-hybridized carbons (Fsp3) is 0.359. The molecule has 5 N–H and O–H groups in total. The van der Waals surface area contributed by atoms with Crippen LogP contribution in [-0.2, 0) is 27.4 Å². The lowest BCUT2D eigenvalue weighted by Gasteiger charge is -2.20. The molecule has 0 radical (unpaired) electrons. The summed E-state index contributed by atoms with van der Waals surface area (Å²) in [6.07, 6.45) is 6.23. The van der Waals surface area contributed by atoms with E-state index in [1.807, 2.05) is 6.07 Å². The molecule has 6 rings (SSSR count). The topological polar surface area (TPSA) is 148 Å². The van der Waals surface area contributed by atoms with E-state index in [0.29, 0.717) is 57.1 Å². The molecule has 2 aromatic carbocycles. The Kier molecular flexibility index (Phi) is 13.1. The van der Waals surface area contributed by atoms with Crippen molar-refractivity contribution in [3.8, 4) is 22.3 Å². The van der Waals surface area contributed by atoms with Gasteiger partial charge in [0.1, 0.15) is 28.9 Å². The van der Waals surface area contributed by atoms with Crippen LogP contribution in [0.3, 0.4) is 0 Å². The predicted octanol–water partition coefficient (Wildman–Crippen LogP) is 7.99. The van der Waals surface area contributed by atoms with Crippen LogP contribution in [0, 0.1) is 37.3 Å². The molecular formula is C39H45ClF2N6O4. The highest BCUT2D eigenvalue weighted by Crippen LogP contribution is 2.33. The molecule has 52 heavy (non-hydrogen) atoms. The zero-order valence-corrected chi connectivity index (χ0v) is 30.8. The van der Waals surface area contributed by atoms with E-state index in [1.165, 1.54) is 0 Å². The first-order valence-corrected chi connectivity index (χ1v) is 17.0. The van der Waals surface area contributed by atoms with E-state index in [-0.39, 0.29) is 54.2 Å². The summed E-state index contributed by atoms with van der Waals surface area (Å²) in [6, 6.07) is 13.8. The number of rotatable bonds is 9. The Morgan fingerprint density at radius 2 is 1.21 bits per heavy atom. The second-order valence-electron chi connectivity index (χ2n) is 13.9. The number of amides is 3. The van der Waals surface area contributed by atoms with Gasteiger partial charge in [0.05, 0.1) is 0 Å². The molecule has 0 atom stereocenters. The first-order chi connectivity index (χ1) is 24.2. The Morgan fingerprint density at radius 1 is 0.769 bits per heavy atom. The van der Waals surface area contributed by atoms with Gasteiger partial charge >= 0.3 is 6.09 Å². The summed E-state index contributed by atoms with van der Waals surface area (Å²) in [5.41, 5.74) is 9.66. The third-order valence-electron chi connectivity index (χ3n) is 8.58. The van der Waals surface area contributed by atoms with Crippen LogP contribution >= 0.6 is 12.4 Å². The van der Waals surface area contributed by atoms with Crippen LogP contribution in [0.1, 0.15) is 68.7 Å². The van der Waals surface area contributed by atoms with Crippen LogP contribution in [0.4, 0.5) is 25.2 Å². The largest absolute Gasteiger partial charge is 0.444 e. The minimum absolute atomic E-state index is 0. The number of pyridine rings is 2. The number of hydrogen-bond acceptors (Lipinski definition) is 7. The Morgan fingerprint density at radius 3 is 1.63 bits per heavy atom. The van der Waals surface area contributed by atoms with Crippen molar-refractivity contribution in [2.45, 2.75) is 79.0 Å². The number of nitrogens with zero attached hydrogens (tertiary/aromatic N) is 2. The number of nitrogens with two attached hydrogens (primary N) is 1. The van der Waals surface area contributed by atoms with Gasteiger partial charge in [0.2, 0.25) is 11.8 Å². The third kappa shape index (κ3) is 10.5. The maximum Gasteiger partial charge on any atom is 0.407 e. The summed E-state index contributed by atoms with van der Waals surface area (Å²) in [7, 11) is 0. The first kappa shape index (κ1) is 39.8. The fourth-order valence-electron chi connectivity index (χ4n) is 5.27. The maximum atomic E-state index is 15.0. The summed E-state index contributed by atoms with van der Waals surface area (Å²) in [4.78, 5) is 43.8. The summed E-state index contributed by atoms with van der Waals surface area (Å²) in [5.74, 6) is 0.313. The molecule has 2 aromatic heterocycles. The van der Waals surface area contributed by atoms with Gasteiger partial charge in [0, 0.05) is 48.4 Å². The molecule has 10 nitrogen and oxygen atoms in total. The van der Waals surface area contributed by atoms with Crippen LogP contribution < -0.4 is 21.7 Å². The van der Waals surface area contributed by atoms with E-state index >= 15 is 4.39 Å². The van der Waals surface area contributed by atoms with Gasteiger partial charge in [-0.2, -0.15) is 0 Å². The zero-order chi connectivity index (χ0) is 36.9. The van der Waals surface area contributed by atoms with Gasteiger partial charge < -0.3 is 26.4 Å². The van der Waals surface area contributed by atoms with E-state index in [4.69, 9.17) is 10.5 Å². The van der Waals surface area contributed by atoms with E-state index < -0.39 is 11.7 Å². The van der Waals surface area contributed by atoms with Crippen molar-refractivity contribution in [3.05, 3.63) is 94.8 Å². The molecule has 3 amide bonds. The van der Waals surface area contributed by atoms with Crippen molar-refractivity contribution in [2.24, 2.45) is 17.6 Å². The van der Waals surface area contributed by atoms with E-state index in [2.05, 4.69) is 25.9 Å². The molecule has 2 heterocycles. The lowest BCUT2D eigenvalue weighted by atomic mass is 9.99. The number of halogens is 3. The normalized spacial score (nSPS) is 13.5. The summed E-state index contributed by atoms with van der Waals surface area (Å²) in [6.45, 7) is 9.20. The van der Waals surface area contributed by atoms with Crippen LogP contribution in [-0.4, -0.2) is 33.5 Å². The Balaban J connectivity index is 0.000000236. The molecule has 0 saturated heterocycles. The molecule has 2 saturated carbocycles. The molecule has 13 heteroatoms. The summed E-state index contributed by atoms with van der Waals surface area (Å²) >= 11 is 0. The van der Waals surface area contributed by atoms with Gasteiger partial charge in [-0.1, -0.05) is 24.3 Å². The number of carbonyl (C=O) groups is 3. The van der Waals surface area contributed by atoms with Crippen molar-refractivity contribution in [1.82, 2.24) is 15.3 Å². The standard InChI is InChI=1S/C22H26FN3O3.C17H18FN3O.ClH/c1-13-16(12-25-21(28)29-22(2,3)4)7-8-17(19(13)23)15-9-10-24-18(11-15)26-20(27)14-5-6-14;1-10-13(9-19)4-5-14(16(10)18)12-6-7-20-15(8-12)21-17(22)11-2-3-11;/h7-11,14H,5-6,12H2,1-4H3,(H,25,28)(H,24,26,27);4-8,11H,2-3,9,19H2,1H3,(H,20,21,22);1H. The molecule has 0 spiro atoms. The van der Waals surface area contributed by atoms with Gasteiger partial charge in [0.15, 0.2) is 0 Å². The first-order valence-electron chi connectivity index (χ1n) is 17.0. The van der Waals surface area contributed by atoms with Crippen molar-refractivity contribution < 1.29 is 27.9 Å². The molecular weight excluding hydrogens is 690 g/mol. The quantitative estimate of drug-likeness (QED) is 0.136. The number of nitrogens with one attached hydrogen (secondary N) is 3. The second kappa shape index (κ2) is 17.1. The fourth-order valence-corrected chi connectivity index (χ4v) is 5.27. The number of hydrogen-bond donors (Lipinski definition) is 4. The number of carbonyl (C=O) groups excluding carboxylic acids is 3. The van der Waals surface area contributed by atoms with Crippen LogP contribution in [0.15, 0.2) is 60.9 Å². The Labute approximate surface area is 308 Å². The minimum Gasteiger partial charge on any atom is -0.444 e. The number of anilines is 2. The van der Waals surface area contributed by atoms with Gasteiger partial charge in [-0.15, -0.1) is 12.4 Å². The second-order valence-corrected chi connectivity index (χ2v) is 13.9. The highest BCUT2D eigenvalue weighted by molar-refractivity contribution is 5.94. The van der Waals surface area contributed by atoms with Gasteiger partial charge in [-0.3, -0.25) is 9.59 Å². The monoisotopic (exact) mass is 734 g/mol. The van der Waals surface area contributed by atoms with E-state index in [0.717, 1.165) is 31.2 Å². The number of alkyl carbamates (subject to hydrolysis) is 1. The molecule has 2 aliphatic rings. The van der Waals surface area contributed by atoms with Crippen molar-refractivity contribution in [2.75, 3.05) is 10.6 Å². The predicted molar refractivity (Wildman–Crippen MR) is 200 cm³/mol. The molecule has 0 unspecified atom stereocenters. The van der Waals surface area contributed by atoms with Gasteiger partial charge in [0.25, 0.3) is 0 Å². The molecule has 4 aromatic rings. The molecule has 276 valence electrons. The number of ether oxygens (including phenoxy) is 1. The smallest absolute Gasteiger partial charge is 0.407 e. The highest BCUT2D eigenvalue weighted by Gasteiger charge is 2.30. The summed E-state index contributed by atoms with van der Waals surface area (Å²) < 4.78 is 34.7. The van der Waals surface area contributed by atoms with E-state index in [1.54, 1.807) is 89.5 Å². The lowest BCUT2D eigenvalue weighted by molar-refractivity contribution is -0.118. The van der Waals surface area contributed by atoms with Crippen molar-refractivity contribution in [3.63, 3.8) is 0 Å². The minimum atomic E-state index is -0.595. The van der Waals surface area contributed by atoms with Crippen molar-refractivity contribution >= 4 is 42.0 Å². The maximum absolute atomic E-state index is 15.0. The SMILES string of the molecule is Cc1c(CN)ccc(-c2ccnc(NC(=O)C3CC3)c2)c1F.Cc1c(CNC(=O)OC(C)(C)C)ccc(-c2ccnc(NC(=O)C3CC3)c2)c1F.Cl. The zero-order valence-electron chi connectivity index (χ0n) is 29.9. The molecule has 0 bridgehead atoms. The van der Waals surface area contributed by atoms with Crippen molar-refractivity contribution in [1.29, 1.82) is 0 Å². The third-order valence-corrected chi connectivity index (χ3v) is 8.58. The molecule has 0 aliphatic heterocycles. The average molecular weight is 735 g/mol. The van der Waals surface area contributed by atoms with Gasteiger partial charge in [-0.05, 0) is 118 Å². The summed E-state index contributed by atoms with van der Waals surface area (Å²) in [5, 5.41) is 8.20. The van der Waals surface area contributed by atoms with E-state index in [9.17, 15) is 18.8 Å². The van der Waals surface area contributed by atoms with Gasteiger partial charge in [-0.25, -0.2) is 23.5 Å². The molecule has 2 aliphatic carbocycles. The van der Waals surface area contributed by atoms with Crippen LogP contribution in [0.5, 0.6) is 0 Å². The Hall–Kier alpha value is -4.94. The van der Waals surface area contributed by atoms with Crippen LogP contribution in [0.25, 0.3) is 22.3 Å². The molecule has 2 fully saturated rings. The lowest BCUT2D eigenvalue weighted by Crippen LogP contribution is -2.32.